The van der Waals surface area contributed by atoms with Crippen molar-refractivity contribution >= 4 is 0 Å². The Morgan fingerprint density at radius 3 is 2.06 bits per heavy atom. The van der Waals surface area contributed by atoms with Crippen LogP contribution in [0.2, 0.25) is 0 Å². The molecule has 0 aromatic rings. The van der Waals surface area contributed by atoms with Crippen LogP contribution in [-0.2, 0) is 0 Å². The maximum atomic E-state index is 7.77. The quantitative estimate of drug-likeness (QED) is 0.388. The van der Waals surface area contributed by atoms with E-state index in [1.54, 1.807) is 0 Å². The highest BCUT2D eigenvalue weighted by atomic mass is 14.9. The molecule has 0 aromatic carbocycles. The summed E-state index contributed by atoms with van der Waals surface area (Å²) in [5.74, 6) is 4.75. The molecule has 3 saturated carbocycles. The van der Waals surface area contributed by atoms with Crippen LogP contribution in [-0.4, -0.2) is 5.54 Å². The second-order valence-corrected chi connectivity index (χ2v) is 15.0. The van der Waals surface area contributed by atoms with Gasteiger partial charge >= 0.3 is 0 Å². The minimum absolute atomic E-state index is 0.0252. The minimum atomic E-state index is 0.0252. The minimum Gasteiger partial charge on any atom is -0.324 e. The summed E-state index contributed by atoms with van der Waals surface area (Å²) < 4.78 is 0. The number of fused-ring (bicyclic) bond motifs is 1. The molecule has 3 aliphatic rings. The molecular formula is C31H59N. The van der Waals surface area contributed by atoms with E-state index in [2.05, 4.69) is 62.3 Å². The fraction of sp³-hybridized carbons (Fsp3) is 1.00. The second kappa shape index (κ2) is 9.54. The molecule has 6 unspecified atom stereocenters. The van der Waals surface area contributed by atoms with E-state index in [1.807, 2.05) is 0 Å². The van der Waals surface area contributed by atoms with E-state index in [4.69, 9.17) is 5.73 Å². The summed E-state index contributed by atoms with van der Waals surface area (Å²) in [7, 11) is 0. The van der Waals surface area contributed by atoms with Gasteiger partial charge in [0.2, 0.25) is 0 Å². The lowest BCUT2D eigenvalue weighted by atomic mass is 9.44. The van der Waals surface area contributed by atoms with Crippen LogP contribution < -0.4 is 5.73 Å². The largest absolute Gasteiger partial charge is 0.324 e. The van der Waals surface area contributed by atoms with Gasteiger partial charge in [0.25, 0.3) is 0 Å². The molecule has 2 N–H and O–H groups in total. The number of unbranched alkanes of at least 4 members (excludes halogenated alkanes) is 1. The Kier molecular flexibility index (Phi) is 7.92. The van der Waals surface area contributed by atoms with Crippen molar-refractivity contribution in [2.75, 3.05) is 0 Å². The van der Waals surface area contributed by atoms with E-state index in [1.165, 1.54) is 77.0 Å². The maximum absolute atomic E-state index is 7.77. The summed E-state index contributed by atoms with van der Waals surface area (Å²) in [6, 6.07) is 0. The standard InChI is InChI=1S/C31H59N/c1-22(2)12-10-11-13-25-16-21-31(32)27(24(4)28(5,6)7)26(17-20-30(25,31)9)29(8)18-14-23(3)15-19-29/h22-27H,10-21,32H2,1-9H3. The Balaban J connectivity index is 1.88. The van der Waals surface area contributed by atoms with Crippen LogP contribution in [0, 0.1) is 51.8 Å². The Hall–Kier alpha value is -0.0400. The van der Waals surface area contributed by atoms with E-state index in [0.29, 0.717) is 28.1 Å². The van der Waals surface area contributed by atoms with E-state index >= 15 is 0 Å². The molecule has 0 aromatic heterocycles. The third-order valence-corrected chi connectivity index (χ3v) is 11.7. The summed E-state index contributed by atoms with van der Waals surface area (Å²) in [4.78, 5) is 0. The third kappa shape index (κ3) is 4.85. The Bertz CT molecular complexity index is 606. The average molecular weight is 446 g/mol. The van der Waals surface area contributed by atoms with Crippen molar-refractivity contribution < 1.29 is 0 Å². The Labute approximate surface area is 202 Å². The molecule has 0 heterocycles. The van der Waals surface area contributed by atoms with Crippen LogP contribution in [0.1, 0.15) is 139 Å². The third-order valence-electron chi connectivity index (χ3n) is 11.7. The first kappa shape index (κ1) is 26.6. The molecule has 32 heavy (non-hydrogen) atoms. The topological polar surface area (TPSA) is 26.0 Å². The molecule has 0 aliphatic heterocycles. The smallest absolute Gasteiger partial charge is 0.0245 e. The van der Waals surface area contributed by atoms with Crippen molar-refractivity contribution in [1.29, 1.82) is 0 Å². The highest BCUT2D eigenvalue weighted by Crippen LogP contribution is 2.67. The van der Waals surface area contributed by atoms with Gasteiger partial charge in [0.05, 0.1) is 0 Å². The summed E-state index contributed by atoms with van der Waals surface area (Å²) in [5.41, 5.74) is 8.95. The van der Waals surface area contributed by atoms with Gasteiger partial charge in [0.1, 0.15) is 0 Å². The van der Waals surface area contributed by atoms with Crippen LogP contribution in [0.3, 0.4) is 0 Å². The van der Waals surface area contributed by atoms with Crippen LogP contribution in [0.15, 0.2) is 0 Å². The number of hydrogen-bond donors (Lipinski definition) is 1. The molecule has 188 valence electrons. The lowest BCUT2D eigenvalue weighted by Gasteiger charge is -2.63. The average Bonchev–Trinajstić information content (AvgIpc) is 2.96. The zero-order valence-electron chi connectivity index (χ0n) is 23.5. The zero-order chi connectivity index (χ0) is 23.9. The summed E-state index contributed by atoms with van der Waals surface area (Å²) in [6.07, 6.45) is 16.8. The van der Waals surface area contributed by atoms with Crippen molar-refractivity contribution in [3.05, 3.63) is 0 Å². The fourth-order valence-corrected chi connectivity index (χ4v) is 8.69. The highest BCUT2D eigenvalue weighted by Gasteiger charge is 2.65. The summed E-state index contributed by atoms with van der Waals surface area (Å²) >= 11 is 0. The predicted octanol–water partition coefficient (Wildman–Crippen LogP) is 9.24. The Morgan fingerprint density at radius 1 is 0.875 bits per heavy atom. The summed E-state index contributed by atoms with van der Waals surface area (Å²) in [6.45, 7) is 22.5. The van der Waals surface area contributed by atoms with Gasteiger partial charge < -0.3 is 5.73 Å². The van der Waals surface area contributed by atoms with Crippen molar-refractivity contribution in [3.63, 3.8) is 0 Å². The van der Waals surface area contributed by atoms with Crippen LogP contribution in [0.25, 0.3) is 0 Å². The van der Waals surface area contributed by atoms with Gasteiger partial charge in [-0.15, -0.1) is 0 Å². The first-order chi connectivity index (χ1) is 14.7. The monoisotopic (exact) mass is 445 g/mol. The lowest BCUT2D eigenvalue weighted by molar-refractivity contribution is -0.109. The molecule has 3 rings (SSSR count). The van der Waals surface area contributed by atoms with Crippen molar-refractivity contribution in [3.8, 4) is 0 Å². The molecule has 1 heteroatoms. The van der Waals surface area contributed by atoms with Gasteiger partial charge in [0.15, 0.2) is 0 Å². The highest BCUT2D eigenvalue weighted by molar-refractivity contribution is 5.18. The first-order valence-corrected chi connectivity index (χ1v) is 14.5. The van der Waals surface area contributed by atoms with Crippen LogP contribution in [0.5, 0.6) is 0 Å². The molecular weight excluding hydrogens is 386 g/mol. The van der Waals surface area contributed by atoms with Crippen LogP contribution >= 0.6 is 0 Å². The molecule has 0 saturated heterocycles. The molecule has 0 spiro atoms. The van der Waals surface area contributed by atoms with Gasteiger partial charge in [-0.2, -0.15) is 0 Å². The van der Waals surface area contributed by atoms with E-state index in [0.717, 1.165) is 23.7 Å². The van der Waals surface area contributed by atoms with Crippen molar-refractivity contribution in [2.24, 2.45) is 57.5 Å². The van der Waals surface area contributed by atoms with Gasteiger partial charge in [-0.3, -0.25) is 0 Å². The number of rotatable bonds is 7. The zero-order valence-corrected chi connectivity index (χ0v) is 23.5. The lowest BCUT2D eigenvalue weighted by Crippen LogP contribution is -2.66. The number of hydrogen-bond acceptors (Lipinski definition) is 1. The predicted molar refractivity (Wildman–Crippen MR) is 142 cm³/mol. The molecule has 1 nitrogen and oxygen atoms in total. The molecule has 3 aliphatic carbocycles. The van der Waals surface area contributed by atoms with E-state index < -0.39 is 0 Å². The fourth-order valence-electron chi connectivity index (χ4n) is 8.69. The normalized spacial score (nSPS) is 44.0. The maximum Gasteiger partial charge on any atom is 0.0245 e. The van der Waals surface area contributed by atoms with E-state index in [9.17, 15) is 0 Å². The van der Waals surface area contributed by atoms with Gasteiger partial charge in [-0.1, -0.05) is 94.4 Å². The van der Waals surface area contributed by atoms with Gasteiger partial charge in [-0.05, 0) is 96.7 Å². The number of nitrogens with two attached hydrogens (primary N) is 1. The summed E-state index contributed by atoms with van der Waals surface area (Å²) in [5, 5.41) is 0. The van der Waals surface area contributed by atoms with Gasteiger partial charge in [-0.25, -0.2) is 0 Å². The van der Waals surface area contributed by atoms with Crippen molar-refractivity contribution in [1.82, 2.24) is 0 Å². The molecule has 6 atom stereocenters. The molecule has 0 bridgehead atoms. The Morgan fingerprint density at radius 2 is 1.50 bits per heavy atom. The van der Waals surface area contributed by atoms with Gasteiger partial charge in [0, 0.05) is 5.54 Å². The molecule has 0 amide bonds. The SMILES string of the molecule is CC(C)CCCCC1CCC2(N)C(C(C)C(C)(C)C)C(C3(C)CCC(C)CC3)CCC12C. The molecule has 0 radical (unpaired) electrons. The van der Waals surface area contributed by atoms with Crippen LogP contribution in [0.4, 0.5) is 0 Å². The molecule has 3 fully saturated rings. The first-order valence-electron chi connectivity index (χ1n) is 14.5. The van der Waals surface area contributed by atoms with Crippen molar-refractivity contribution in [2.45, 2.75) is 145 Å². The van der Waals surface area contributed by atoms with E-state index in [-0.39, 0.29) is 5.54 Å². The second-order valence-electron chi connectivity index (χ2n) is 15.0.